The van der Waals surface area contributed by atoms with Crippen LogP contribution in [0.2, 0.25) is 0 Å². The first-order valence-corrected chi connectivity index (χ1v) is 3.71. The highest BCUT2D eigenvalue weighted by molar-refractivity contribution is 5.90. The molecule has 1 aromatic carbocycles. The molecule has 3 nitrogen and oxygen atoms in total. The lowest BCUT2D eigenvalue weighted by molar-refractivity contribution is 0.255. The zero-order chi connectivity index (χ0) is 9.14. The molecule has 0 aromatic heterocycles. The number of nitrogens with zero attached hydrogens (tertiary/aromatic N) is 1. The second kappa shape index (κ2) is 3.26. The van der Waals surface area contributed by atoms with Crippen LogP contribution in [0.3, 0.4) is 0 Å². The minimum absolute atomic E-state index is 0.444. The van der Waals surface area contributed by atoms with Gasteiger partial charge in [-0.2, -0.15) is 0 Å². The molecule has 0 bridgehead atoms. The molecule has 0 aliphatic heterocycles. The summed E-state index contributed by atoms with van der Waals surface area (Å²) in [6, 6.07) is 7.17. The van der Waals surface area contributed by atoms with Gasteiger partial charge >= 0.3 is 6.03 Å². The first-order valence-electron chi connectivity index (χ1n) is 3.71. The third kappa shape index (κ3) is 1.75. The van der Waals surface area contributed by atoms with Gasteiger partial charge in [-0.05, 0) is 24.6 Å². The monoisotopic (exact) mass is 164 g/mol. The second-order valence-electron chi connectivity index (χ2n) is 2.74. The number of hydrogen-bond acceptors (Lipinski definition) is 1. The van der Waals surface area contributed by atoms with Crippen molar-refractivity contribution in [2.24, 2.45) is 5.73 Å². The zero-order valence-corrected chi connectivity index (χ0v) is 7.24. The number of rotatable bonds is 1. The van der Waals surface area contributed by atoms with Gasteiger partial charge in [0, 0.05) is 12.7 Å². The molecule has 2 amide bonds. The number of benzene rings is 1. The number of hydrogen-bond donors (Lipinski definition) is 1. The van der Waals surface area contributed by atoms with Crippen LogP contribution in [0.25, 0.3) is 0 Å². The Bertz CT molecular complexity index is 296. The maximum Gasteiger partial charge on any atom is 0.318 e. The third-order valence-electron chi connectivity index (χ3n) is 1.72. The SMILES string of the molecule is Cc1cccc(N(C)C(N)=O)c1. The molecule has 0 heterocycles. The summed E-state index contributed by atoms with van der Waals surface area (Å²) in [6.45, 7) is 1.97. The van der Waals surface area contributed by atoms with Gasteiger partial charge in [0.15, 0.2) is 0 Å². The Labute approximate surface area is 71.8 Å². The average molecular weight is 164 g/mol. The van der Waals surface area contributed by atoms with Crippen LogP contribution in [-0.4, -0.2) is 13.1 Å². The number of nitrogens with two attached hydrogens (primary N) is 1. The van der Waals surface area contributed by atoms with E-state index in [1.165, 1.54) is 4.90 Å². The average Bonchev–Trinajstić information content (AvgIpc) is 2.03. The minimum Gasteiger partial charge on any atom is -0.351 e. The quantitative estimate of drug-likeness (QED) is 0.671. The standard InChI is InChI=1S/C9H12N2O/c1-7-4-3-5-8(6-7)11(2)9(10)12/h3-6H,1-2H3,(H2,10,12). The number of primary amides is 1. The van der Waals surface area contributed by atoms with Crippen LogP contribution in [0.5, 0.6) is 0 Å². The van der Waals surface area contributed by atoms with E-state index >= 15 is 0 Å². The Morgan fingerprint density at radius 2 is 2.17 bits per heavy atom. The summed E-state index contributed by atoms with van der Waals surface area (Å²) >= 11 is 0. The fraction of sp³-hybridized carbons (Fsp3) is 0.222. The summed E-state index contributed by atoms with van der Waals surface area (Å²) in [6.07, 6.45) is 0. The Kier molecular flexibility index (Phi) is 2.33. The Morgan fingerprint density at radius 3 is 2.67 bits per heavy atom. The summed E-state index contributed by atoms with van der Waals surface area (Å²) in [5, 5.41) is 0. The largest absolute Gasteiger partial charge is 0.351 e. The summed E-state index contributed by atoms with van der Waals surface area (Å²) in [5.74, 6) is 0. The van der Waals surface area contributed by atoms with Gasteiger partial charge in [-0.15, -0.1) is 0 Å². The number of carbonyl (C=O) groups is 1. The van der Waals surface area contributed by atoms with Crippen LogP contribution in [0.4, 0.5) is 10.5 Å². The van der Waals surface area contributed by atoms with Crippen LogP contribution in [-0.2, 0) is 0 Å². The topological polar surface area (TPSA) is 46.3 Å². The lowest BCUT2D eigenvalue weighted by Crippen LogP contribution is -2.31. The van der Waals surface area contributed by atoms with Gasteiger partial charge in [0.05, 0.1) is 0 Å². The van der Waals surface area contributed by atoms with E-state index in [4.69, 9.17) is 5.73 Å². The van der Waals surface area contributed by atoms with E-state index in [-0.39, 0.29) is 0 Å². The van der Waals surface area contributed by atoms with Crippen molar-refractivity contribution < 1.29 is 4.79 Å². The van der Waals surface area contributed by atoms with Gasteiger partial charge in [0.1, 0.15) is 0 Å². The molecular formula is C9H12N2O. The van der Waals surface area contributed by atoms with Crippen molar-refractivity contribution in [3.8, 4) is 0 Å². The predicted octanol–water partition coefficient (Wildman–Crippen LogP) is 1.51. The second-order valence-corrected chi connectivity index (χ2v) is 2.74. The van der Waals surface area contributed by atoms with Crippen molar-refractivity contribution in [1.82, 2.24) is 0 Å². The molecule has 3 heteroatoms. The van der Waals surface area contributed by atoms with Gasteiger partial charge < -0.3 is 5.73 Å². The minimum atomic E-state index is -0.444. The third-order valence-corrected chi connectivity index (χ3v) is 1.72. The fourth-order valence-electron chi connectivity index (χ4n) is 0.964. The molecule has 0 saturated heterocycles. The highest BCUT2D eigenvalue weighted by atomic mass is 16.2. The Balaban J connectivity index is 2.95. The van der Waals surface area contributed by atoms with Crippen molar-refractivity contribution in [2.45, 2.75) is 6.92 Å². The van der Waals surface area contributed by atoms with Crippen molar-refractivity contribution in [3.63, 3.8) is 0 Å². The van der Waals surface area contributed by atoms with E-state index in [0.717, 1.165) is 11.3 Å². The molecule has 0 unspecified atom stereocenters. The number of urea groups is 1. The van der Waals surface area contributed by atoms with Gasteiger partial charge in [-0.1, -0.05) is 12.1 Å². The molecule has 0 saturated carbocycles. The molecular weight excluding hydrogens is 152 g/mol. The molecule has 12 heavy (non-hydrogen) atoms. The van der Waals surface area contributed by atoms with Gasteiger partial charge in [-0.25, -0.2) is 4.79 Å². The van der Waals surface area contributed by atoms with Crippen molar-refractivity contribution in [1.29, 1.82) is 0 Å². The normalized spacial score (nSPS) is 9.50. The maximum atomic E-state index is 10.8. The van der Waals surface area contributed by atoms with E-state index in [9.17, 15) is 4.79 Å². The van der Waals surface area contributed by atoms with Crippen molar-refractivity contribution >= 4 is 11.7 Å². The molecule has 2 N–H and O–H groups in total. The van der Waals surface area contributed by atoms with Crippen LogP contribution in [0, 0.1) is 6.92 Å². The fourth-order valence-corrected chi connectivity index (χ4v) is 0.964. The van der Waals surface area contributed by atoms with Gasteiger partial charge in [0.25, 0.3) is 0 Å². The van der Waals surface area contributed by atoms with Crippen LogP contribution in [0.15, 0.2) is 24.3 Å². The highest BCUT2D eigenvalue weighted by Crippen LogP contribution is 2.13. The number of anilines is 1. The van der Waals surface area contributed by atoms with E-state index in [1.54, 1.807) is 7.05 Å². The van der Waals surface area contributed by atoms with E-state index in [2.05, 4.69) is 0 Å². The number of carbonyl (C=O) groups excluding carboxylic acids is 1. The van der Waals surface area contributed by atoms with E-state index in [1.807, 2.05) is 31.2 Å². The van der Waals surface area contributed by atoms with Crippen LogP contribution in [0.1, 0.15) is 5.56 Å². The molecule has 0 atom stereocenters. The van der Waals surface area contributed by atoms with E-state index < -0.39 is 6.03 Å². The molecule has 0 aliphatic rings. The lowest BCUT2D eigenvalue weighted by Gasteiger charge is -2.14. The predicted molar refractivity (Wildman–Crippen MR) is 49.2 cm³/mol. The van der Waals surface area contributed by atoms with Crippen molar-refractivity contribution in [2.75, 3.05) is 11.9 Å². The van der Waals surface area contributed by atoms with Gasteiger partial charge in [0.2, 0.25) is 0 Å². The lowest BCUT2D eigenvalue weighted by atomic mass is 10.2. The molecule has 0 spiro atoms. The summed E-state index contributed by atoms with van der Waals surface area (Å²) in [4.78, 5) is 12.2. The molecule has 1 aromatic rings. The molecule has 0 radical (unpaired) electrons. The summed E-state index contributed by atoms with van der Waals surface area (Å²) in [7, 11) is 1.65. The Morgan fingerprint density at radius 1 is 1.50 bits per heavy atom. The first kappa shape index (κ1) is 8.59. The maximum absolute atomic E-state index is 10.8. The summed E-state index contributed by atoms with van der Waals surface area (Å²) in [5.41, 5.74) is 7.04. The van der Waals surface area contributed by atoms with Crippen LogP contribution < -0.4 is 10.6 Å². The van der Waals surface area contributed by atoms with Crippen LogP contribution >= 0.6 is 0 Å². The molecule has 1 rings (SSSR count). The molecule has 0 fully saturated rings. The van der Waals surface area contributed by atoms with E-state index in [0.29, 0.717) is 0 Å². The van der Waals surface area contributed by atoms with Gasteiger partial charge in [-0.3, -0.25) is 4.90 Å². The number of amides is 2. The number of aryl methyl sites for hydroxylation is 1. The Hall–Kier alpha value is -1.51. The first-order chi connectivity index (χ1) is 5.61. The molecule has 64 valence electrons. The highest BCUT2D eigenvalue weighted by Gasteiger charge is 2.04. The smallest absolute Gasteiger partial charge is 0.318 e. The molecule has 0 aliphatic carbocycles. The summed E-state index contributed by atoms with van der Waals surface area (Å²) < 4.78 is 0. The van der Waals surface area contributed by atoms with Crippen molar-refractivity contribution in [3.05, 3.63) is 29.8 Å². The zero-order valence-electron chi connectivity index (χ0n) is 7.24.